The molecule has 1 aliphatic carbocycles. The predicted octanol–water partition coefficient (Wildman–Crippen LogP) is 1.28. The van der Waals surface area contributed by atoms with E-state index in [1.165, 1.54) is 6.42 Å². The second-order valence-electron chi connectivity index (χ2n) is 5.87. The van der Waals surface area contributed by atoms with E-state index >= 15 is 0 Å². The maximum atomic E-state index is 12.3. The van der Waals surface area contributed by atoms with Gasteiger partial charge in [0, 0.05) is 19.0 Å². The lowest BCUT2D eigenvalue weighted by Gasteiger charge is -2.32. The second kappa shape index (κ2) is 6.78. The van der Waals surface area contributed by atoms with Crippen LogP contribution < -0.4 is 5.32 Å². The molecule has 1 saturated carbocycles. The Morgan fingerprint density at radius 1 is 1.14 bits per heavy atom. The third-order valence-electron chi connectivity index (χ3n) is 4.51. The first kappa shape index (κ1) is 15.6. The highest BCUT2D eigenvalue weighted by molar-refractivity contribution is 5.83. The SMILES string of the molecule is O=C(O)CCC(NC(=O)N1CCC2CCCCC21)C(=O)O. The Labute approximate surface area is 123 Å². The number of nitrogens with zero attached hydrogens (tertiary/aromatic N) is 1. The normalized spacial score (nSPS) is 26.0. The van der Waals surface area contributed by atoms with Gasteiger partial charge < -0.3 is 20.4 Å². The molecule has 118 valence electrons. The number of aliphatic carboxylic acids is 2. The van der Waals surface area contributed by atoms with Crippen LogP contribution in [-0.2, 0) is 9.59 Å². The van der Waals surface area contributed by atoms with Crippen LogP contribution in [0.15, 0.2) is 0 Å². The number of carboxylic acid groups (broad SMARTS) is 2. The lowest BCUT2D eigenvalue weighted by Crippen LogP contribution is -2.50. The van der Waals surface area contributed by atoms with Crippen molar-refractivity contribution in [3.8, 4) is 0 Å². The number of amides is 2. The van der Waals surface area contributed by atoms with Crippen molar-refractivity contribution in [1.82, 2.24) is 10.2 Å². The van der Waals surface area contributed by atoms with E-state index in [0.717, 1.165) is 25.7 Å². The molecule has 21 heavy (non-hydrogen) atoms. The molecule has 3 unspecified atom stereocenters. The van der Waals surface area contributed by atoms with E-state index in [2.05, 4.69) is 5.32 Å². The molecule has 2 rings (SSSR count). The molecule has 2 fully saturated rings. The number of rotatable bonds is 5. The van der Waals surface area contributed by atoms with E-state index in [9.17, 15) is 14.4 Å². The van der Waals surface area contributed by atoms with Crippen LogP contribution in [0.2, 0.25) is 0 Å². The van der Waals surface area contributed by atoms with Gasteiger partial charge in [0.25, 0.3) is 0 Å². The van der Waals surface area contributed by atoms with Gasteiger partial charge in [0.05, 0.1) is 0 Å². The van der Waals surface area contributed by atoms with Crippen molar-refractivity contribution >= 4 is 18.0 Å². The zero-order chi connectivity index (χ0) is 15.4. The van der Waals surface area contributed by atoms with E-state index in [1.807, 2.05) is 0 Å². The Morgan fingerprint density at radius 2 is 1.86 bits per heavy atom. The molecule has 3 atom stereocenters. The van der Waals surface area contributed by atoms with Gasteiger partial charge in [0.2, 0.25) is 0 Å². The fourth-order valence-corrected chi connectivity index (χ4v) is 3.42. The van der Waals surface area contributed by atoms with E-state index in [1.54, 1.807) is 4.90 Å². The standard InChI is InChI=1S/C14H22N2O5/c17-12(18)6-5-10(13(19)20)15-14(21)16-8-7-9-3-1-2-4-11(9)16/h9-11H,1-8H2,(H,15,21)(H,17,18)(H,19,20). The molecular formula is C14H22N2O5. The van der Waals surface area contributed by atoms with Crippen LogP contribution in [0.3, 0.4) is 0 Å². The summed E-state index contributed by atoms with van der Waals surface area (Å²) in [6, 6.07) is -1.30. The van der Waals surface area contributed by atoms with Crippen LogP contribution in [0.5, 0.6) is 0 Å². The third-order valence-corrected chi connectivity index (χ3v) is 4.51. The summed E-state index contributed by atoms with van der Waals surface area (Å²) in [4.78, 5) is 35.7. The maximum Gasteiger partial charge on any atom is 0.326 e. The molecule has 3 N–H and O–H groups in total. The molecule has 0 aromatic heterocycles. The lowest BCUT2D eigenvalue weighted by molar-refractivity contribution is -0.140. The van der Waals surface area contributed by atoms with Crippen molar-refractivity contribution in [2.45, 2.75) is 57.0 Å². The van der Waals surface area contributed by atoms with Crippen molar-refractivity contribution in [2.24, 2.45) is 5.92 Å². The number of fused-ring (bicyclic) bond motifs is 1. The molecule has 1 aliphatic heterocycles. The molecule has 0 spiro atoms. The Kier molecular flexibility index (Phi) is 5.03. The molecule has 2 amide bonds. The summed E-state index contributed by atoms with van der Waals surface area (Å²) in [7, 11) is 0. The van der Waals surface area contributed by atoms with Gasteiger partial charge in [0.15, 0.2) is 0 Å². The van der Waals surface area contributed by atoms with Gasteiger partial charge in [-0.25, -0.2) is 9.59 Å². The van der Waals surface area contributed by atoms with Gasteiger partial charge in [0.1, 0.15) is 6.04 Å². The predicted molar refractivity (Wildman–Crippen MR) is 73.9 cm³/mol. The summed E-state index contributed by atoms with van der Waals surface area (Å²) < 4.78 is 0. The summed E-state index contributed by atoms with van der Waals surface area (Å²) >= 11 is 0. The number of carboxylic acids is 2. The van der Waals surface area contributed by atoms with Crippen LogP contribution in [-0.4, -0.2) is 51.7 Å². The first-order valence-electron chi connectivity index (χ1n) is 7.50. The van der Waals surface area contributed by atoms with Gasteiger partial charge in [-0.05, 0) is 31.6 Å². The molecule has 7 nitrogen and oxygen atoms in total. The van der Waals surface area contributed by atoms with Crippen molar-refractivity contribution in [3.05, 3.63) is 0 Å². The molecule has 1 saturated heterocycles. The molecule has 1 heterocycles. The summed E-state index contributed by atoms with van der Waals surface area (Å²) in [5, 5.41) is 20.2. The highest BCUT2D eigenvalue weighted by Gasteiger charge is 2.39. The first-order chi connectivity index (χ1) is 9.99. The number of hydrogen-bond donors (Lipinski definition) is 3. The van der Waals surface area contributed by atoms with Crippen LogP contribution >= 0.6 is 0 Å². The Hall–Kier alpha value is -1.79. The second-order valence-corrected chi connectivity index (χ2v) is 5.87. The number of hydrogen-bond acceptors (Lipinski definition) is 3. The summed E-state index contributed by atoms with van der Waals surface area (Å²) in [6.07, 6.45) is 5.02. The molecule has 0 radical (unpaired) electrons. The molecule has 0 bridgehead atoms. The molecule has 2 aliphatic rings. The lowest BCUT2D eigenvalue weighted by atomic mass is 9.85. The van der Waals surface area contributed by atoms with Crippen molar-refractivity contribution in [3.63, 3.8) is 0 Å². The zero-order valence-electron chi connectivity index (χ0n) is 12.0. The fraction of sp³-hybridized carbons (Fsp3) is 0.786. The summed E-state index contributed by atoms with van der Waals surface area (Å²) in [5.41, 5.74) is 0. The molecule has 7 heteroatoms. The number of nitrogens with one attached hydrogen (secondary N) is 1. The van der Waals surface area contributed by atoms with Crippen molar-refractivity contribution in [2.75, 3.05) is 6.54 Å². The zero-order valence-corrected chi connectivity index (χ0v) is 12.0. The monoisotopic (exact) mass is 298 g/mol. The van der Waals surface area contributed by atoms with Gasteiger partial charge in [-0.3, -0.25) is 4.79 Å². The van der Waals surface area contributed by atoms with Crippen molar-refractivity contribution in [1.29, 1.82) is 0 Å². The van der Waals surface area contributed by atoms with Crippen LogP contribution in [0.25, 0.3) is 0 Å². The van der Waals surface area contributed by atoms with Crippen LogP contribution in [0.1, 0.15) is 44.9 Å². The number of carbonyl (C=O) groups is 3. The fourth-order valence-electron chi connectivity index (χ4n) is 3.42. The molecular weight excluding hydrogens is 276 g/mol. The smallest absolute Gasteiger partial charge is 0.326 e. The Balaban J connectivity index is 1.92. The third kappa shape index (κ3) is 3.86. The molecule has 0 aromatic rings. The minimum absolute atomic E-state index is 0.0989. The highest BCUT2D eigenvalue weighted by atomic mass is 16.4. The van der Waals surface area contributed by atoms with Gasteiger partial charge in [-0.1, -0.05) is 12.8 Å². The van der Waals surface area contributed by atoms with Crippen molar-refractivity contribution < 1.29 is 24.6 Å². The Bertz CT molecular complexity index is 426. The largest absolute Gasteiger partial charge is 0.481 e. The molecule has 0 aromatic carbocycles. The van der Waals surface area contributed by atoms with E-state index in [0.29, 0.717) is 12.5 Å². The van der Waals surface area contributed by atoms with Crippen LogP contribution in [0.4, 0.5) is 4.79 Å². The number of likely N-dealkylation sites (tertiary alicyclic amines) is 1. The number of urea groups is 1. The van der Waals surface area contributed by atoms with E-state index < -0.39 is 18.0 Å². The Morgan fingerprint density at radius 3 is 2.52 bits per heavy atom. The summed E-state index contributed by atoms with van der Waals surface area (Å²) in [6.45, 7) is 0.659. The van der Waals surface area contributed by atoms with Crippen LogP contribution in [0, 0.1) is 5.92 Å². The van der Waals surface area contributed by atoms with Gasteiger partial charge in [-0.2, -0.15) is 0 Å². The number of carbonyl (C=O) groups excluding carboxylic acids is 1. The first-order valence-corrected chi connectivity index (χ1v) is 7.50. The quantitative estimate of drug-likeness (QED) is 0.708. The summed E-state index contributed by atoms with van der Waals surface area (Å²) in [5.74, 6) is -1.72. The highest BCUT2D eigenvalue weighted by Crippen LogP contribution is 2.36. The van der Waals surface area contributed by atoms with E-state index in [-0.39, 0.29) is 24.9 Å². The minimum atomic E-state index is -1.19. The van der Waals surface area contributed by atoms with E-state index in [4.69, 9.17) is 10.2 Å². The average molecular weight is 298 g/mol. The minimum Gasteiger partial charge on any atom is -0.481 e. The topological polar surface area (TPSA) is 107 Å². The average Bonchev–Trinajstić information content (AvgIpc) is 2.86. The maximum absolute atomic E-state index is 12.3. The van der Waals surface area contributed by atoms with Gasteiger partial charge in [-0.15, -0.1) is 0 Å². The van der Waals surface area contributed by atoms with Gasteiger partial charge >= 0.3 is 18.0 Å².